The number of anilines is 4. The molecule has 0 saturated heterocycles. The van der Waals surface area contributed by atoms with Gasteiger partial charge in [0.05, 0.1) is 96.4 Å². The van der Waals surface area contributed by atoms with E-state index < -0.39 is 5.97 Å². The Hall–Kier alpha value is -8.97. The summed E-state index contributed by atoms with van der Waals surface area (Å²) in [5.41, 5.74) is 21.7. The number of nitrogens with two attached hydrogens (primary N) is 3. The highest BCUT2D eigenvalue weighted by Gasteiger charge is 2.15. The van der Waals surface area contributed by atoms with Crippen molar-refractivity contribution >= 4 is 98.0 Å². The number of nitrogens with one attached hydrogen (secondary N) is 2. The zero-order chi connectivity index (χ0) is 59.4. The second-order valence-corrected chi connectivity index (χ2v) is 17.7. The van der Waals surface area contributed by atoms with Crippen molar-refractivity contribution in [3.05, 3.63) is 148 Å². The first-order valence-electron chi connectivity index (χ1n) is 24.1. The van der Waals surface area contributed by atoms with Crippen molar-refractivity contribution in [3.63, 3.8) is 0 Å². The second-order valence-electron chi connectivity index (χ2n) is 16.2. The molecule has 2 atom stereocenters. The summed E-state index contributed by atoms with van der Waals surface area (Å²) < 4.78 is 41.1. The Kier molecular flexibility index (Phi) is 26.7. The van der Waals surface area contributed by atoms with Gasteiger partial charge in [-0.15, -0.1) is 18.5 Å². The van der Waals surface area contributed by atoms with E-state index in [1.54, 1.807) is 59.0 Å². The van der Waals surface area contributed by atoms with Gasteiger partial charge in [0.15, 0.2) is 46.0 Å². The minimum atomic E-state index is -1.09. The Morgan fingerprint density at radius 2 is 0.975 bits per heavy atom. The van der Waals surface area contributed by atoms with E-state index in [-0.39, 0.29) is 23.2 Å². The quantitative estimate of drug-likeness (QED) is 0.0242. The number of nitrogen functional groups attached to an aromatic ring is 2. The molecule has 0 bridgehead atoms. The fraction of sp³-hybridized carbons (Fsp3) is 0.214. The average molecular weight is 1170 g/mol. The van der Waals surface area contributed by atoms with E-state index in [2.05, 4.69) is 95.8 Å². The largest absolute Gasteiger partial charge is 0.493 e. The number of rotatable bonds is 15. The summed E-state index contributed by atoms with van der Waals surface area (Å²) in [5.74, 6) is 4.01. The van der Waals surface area contributed by atoms with Crippen molar-refractivity contribution in [2.24, 2.45) is 5.73 Å². The predicted molar refractivity (Wildman–Crippen MR) is 324 cm³/mol. The normalized spacial score (nSPS) is 9.96. The molecule has 9 aromatic rings. The molecule has 0 fully saturated rings. The summed E-state index contributed by atoms with van der Waals surface area (Å²) in [6, 6.07) is 29.7. The van der Waals surface area contributed by atoms with Gasteiger partial charge in [-0.25, -0.2) is 29.7 Å². The standard InChI is InChI=1S/C18H20N3O2P.C10H9ClN2O2.C10H10N2O3.C9H11NO4.C8H12NP.CH3NO/c1-22-16-9-14-15(10-17(16)23-2)19-11-20-18(14)21-13-5-3-12(4-6-13)7-8-24;1-14-8-3-6-7(4-9(8)15-2)12-5-13-10(6)11;1-14-8-3-6-7(4-9(8)15-2)11-5-12-10(6)13;1-13-7-3-5(9(11)12)6(10)4-8(7)14-2;9-8-3-1-7(2-4-8)5-6-10;2-1-3/h3-6,9-11H,7-8,24H2,1-2H3,(H,19,20,21);3-5H,1-2H3;3-5H,1-2H3,(H,11,12,13);3-4H,10H2,1-2H3,(H,11,12);1-4H,5-6,9-10H2;1H,(H2,2,3). The number of aromatic nitrogens is 6. The summed E-state index contributed by atoms with van der Waals surface area (Å²) >= 11 is 5.93. The number of ether oxygens (including phenoxy) is 8. The number of aryl methyl sites for hydroxylation is 2. The van der Waals surface area contributed by atoms with E-state index in [4.69, 9.17) is 70.9 Å². The lowest BCUT2D eigenvalue weighted by molar-refractivity contribution is -0.106. The van der Waals surface area contributed by atoms with Gasteiger partial charge in [0, 0.05) is 52.5 Å². The van der Waals surface area contributed by atoms with Gasteiger partial charge in [0.25, 0.3) is 5.56 Å². The summed E-state index contributed by atoms with van der Waals surface area (Å²) in [6.45, 7) is 0. The Balaban J connectivity index is 0.000000221. The van der Waals surface area contributed by atoms with Gasteiger partial charge in [0.1, 0.15) is 23.6 Å². The number of H-pyrrole nitrogens is 1. The number of hydrogen-bond donors (Lipinski definition) is 6. The summed E-state index contributed by atoms with van der Waals surface area (Å²) in [7, 11) is 17.8. The number of aromatic amines is 1. The molecule has 0 aliphatic heterocycles. The van der Waals surface area contributed by atoms with Gasteiger partial charge in [-0.3, -0.25) is 9.59 Å². The van der Waals surface area contributed by atoms with E-state index in [0.29, 0.717) is 62.1 Å². The summed E-state index contributed by atoms with van der Waals surface area (Å²) in [4.78, 5) is 54.0. The molecule has 6 aromatic carbocycles. The first-order chi connectivity index (χ1) is 39.1. The van der Waals surface area contributed by atoms with Gasteiger partial charge in [-0.1, -0.05) is 35.9 Å². The molecule has 2 unspecified atom stereocenters. The molecule has 0 spiro atoms. The number of carbonyl (C=O) groups is 2. The Bertz CT molecular complexity index is 3530. The number of amides is 1. The van der Waals surface area contributed by atoms with Crippen LogP contribution in [0.4, 0.5) is 22.9 Å². The van der Waals surface area contributed by atoms with E-state index in [1.807, 2.05) is 24.3 Å². The van der Waals surface area contributed by atoms with Crippen LogP contribution in [0.3, 0.4) is 0 Å². The van der Waals surface area contributed by atoms with Crippen molar-refractivity contribution in [2.75, 3.05) is 86.0 Å². The number of halogens is 1. The number of hydrogen-bond acceptors (Lipinski definition) is 19. The highest BCUT2D eigenvalue weighted by atomic mass is 35.5. The third-order valence-electron chi connectivity index (χ3n) is 11.2. The molecule has 25 heteroatoms. The predicted octanol–water partition coefficient (Wildman–Crippen LogP) is 8.82. The lowest BCUT2D eigenvalue weighted by Gasteiger charge is -2.12. The van der Waals surface area contributed by atoms with E-state index in [1.165, 1.54) is 64.4 Å². The smallest absolute Gasteiger partial charge is 0.337 e. The van der Waals surface area contributed by atoms with Crippen LogP contribution in [-0.2, 0) is 17.6 Å². The maximum Gasteiger partial charge on any atom is 0.337 e. The highest BCUT2D eigenvalue weighted by Crippen LogP contribution is 2.36. The molecule has 3 aromatic heterocycles. The second kappa shape index (κ2) is 33.5. The van der Waals surface area contributed by atoms with Gasteiger partial charge < -0.3 is 70.5 Å². The molecule has 0 saturated carbocycles. The minimum Gasteiger partial charge on any atom is -0.493 e. The molecule has 428 valence electrons. The van der Waals surface area contributed by atoms with Crippen LogP contribution in [0.5, 0.6) is 46.0 Å². The molecule has 3 heterocycles. The maximum absolute atomic E-state index is 11.5. The molecular weight excluding hydrogens is 1100 g/mol. The van der Waals surface area contributed by atoms with Crippen molar-refractivity contribution in [3.8, 4) is 46.0 Å². The van der Waals surface area contributed by atoms with Gasteiger partial charge in [-0.2, -0.15) is 0 Å². The van der Waals surface area contributed by atoms with Crippen LogP contribution >= 0.6 is 30.1 Å². The summed E-state index contributed by atoms with van der Waals surface area (Å²) in [5, 5.41) is 14.6. The molecule has 1 amide bonds. The van der Waals surface area contributed by atoms with Crippen LogP contribution < -0.4 is 66.0 Å². The number of methoxy groups -OCH3 is 8. The van der Waals surface area contributed by atoms with Crippen molar-refractivity contribution in [1.82, 2.24) is 29.9 Å². The molecule has 0 aliphatic rings. The highest BCUT2D eigenvalue weighted by molar-refractivity contribution is 7.16. The number of carboxylic acids is 1. The Morgan fingerprint density at radius 3 is 1.44 bits per heavy atom. The number of benzene rings is 6. The zero-order valence-electron chi connectivity index (χ0n) is 45.8. The third kappa shape index (κ3) is 18.6. The number of primary amides is 1. The SMILES string of the molecule is COc1cc(N)c(C(=O)O)cc1OC.COc1cc2nc[nH]c(=O)c2cc1OC.COc1cc2ncnc(Cl)c2cc1OC.COc1cc2ncnc(Nc3ccc(CCP)cc3)c2cc1OC.NC=O.Nc1ccc(CCP)cc1. The van der Waals surface area contributed by atoms with Crippen LogP contribution in [-0.4, -0.2) is 117 Å². The fourth-order valence-corrected chi connectivity index (χ4v) is 8.08. The molecule has 22 nitrogen and oxygen atoms in total. The number of nitrogens with zero attached hydrogens (tertiary/aromatic N) is 5. The van der Waals surface area contributed by atoms with Gasteiger partial charge >= 0.3 is 5.97 Å². The van der Waals surface area contributed by atoms with Gasteiger partial charge in [-0.05, 0) is 78.8 Å². The number of fused-ring (bicyclic) bond motifs is 3. The van der Waals surface area contributed by atoms with Crippen LogP contribution in [0.2, 0.25) is 5.15 Å². The minimum absolute atomic E-state index is 0.00245. The fourth-order valence-electron chi connectivity index (χ4n) is 7.22. The van der Waals surface area contributed by atoms with Crippen molar-refractivity contribution in [2.45, 2.75) is 12.8 Å². The Labute approximate surface area is 477 Å². The average Bonchev–Trinajstić information content (AvgIpc) is 3.53. The molecule has 9 N–H and O–H groups in total. The summed E-state index contributed by atoms with van der Waals surface area (Å²) in [6.07, 6.45) is 8.91. The zero-order valence-corrected chi connectivity index (χ0v) is 48.9. The number of carboxylic acid groups (broad SMARTS) is 1. The van der Waals surface area contributed by atoms with E-state index in [0.717, 1.165) is 64.2 Å². The monoisotopic (exact) mass is 1170 g/mol. The first kappa shape index (κ1) is 64.6. The molecule has 0 radical (unpaired) electrons. The van der Waals surface area contributed by atoms with Crippen molar-refractivity contribution < 1.29 is 52.6 Å². The van der Waals surface area contributed by atoms with Crippen LogP contribution in [0.25, 0.3) is 32.7 Å². The van der Waals surface area contributed by atoms with Crippen LogP contribution in [0.1, 0.15) is 21.5 Å². The van der Waals surface area contributed by atoms with E-state index >= 15 is 0 Å². The number of aromatic carboxylic acids is 1. The molecular formula is C56H65ClN10O12P2. The first-order valence-corrected chi connectivity index (χ1v) is 26.1. The molecule has 81 heavy (non-hydrogen) atoms. The topological polar surface area (TPSA) is 316 Å². The van der Waals surface area contributed by atoms with Gasteiger partial charge in [0.2, 0.25) is 6.41 Å². The Morgan fingerprint density at radius 1 is 0.580 bits per heavy atom. The maximum atomic E-state index is 11.5. The molecule has 9 rings (SSSR count). The lowest BCUT2D eigenvalue weighted by atomic mass is 10.1. The third-order valence-corrected chi connectivity index (χ3v) is 12.1. The van der Waals surface area contributed by atoms with Crippen LogP contribution in [0, 0.1) is 0 Å². The van der Waals surface area contributed by atoms with Crippen molar-refractivity contribution in [1.29, 1.82) is 0 Å². The van der Waals surface area contributed by atoms with Crippen LogP contribution in [0.15, 0.2) is 121 Å². The van der Waals surface area contributed by atoms with E-state index in [9.17, 15) is 9.59 Å². The molecule has 0 aliphatic carbocycles. The lowest BCUT2D eigenvalue weighted by Crippen LogP contribution is -2.06. The number of carbonyl (C=O) groups excluding carboxylic acids is 1.